The summed E-state index contributed by atoms with van der Waals surface area (Å²) >= 11 is 0. The van der Waals surface area contributed by atoms with E-state index in [2.05, 4.69) is 11.8 Å². The summed E-state index contributed by atoms with van der Waals surface area (Å²) in [6.45, 7) is 4.31. The Balaban J connectivity index is 3.19. The highest BCUT2D eigenvalue weighted by Crippen LogP contribution is 2.13. The molecule has 0 bridgehead atoms. The van der Waals surface area contributed by atoms with Crippen LogP contribution in [0.15, 0.2) is 18.2 Å². The summed E-state index contributed by atoms with van der Waals surface area (Å²) in [4.78, 5) is 13.7. The van der Waals surface area contributed by atoms with Crippen LogP contribution in [0.25, 0.3) is 0 Å². The van der Waals surface area contributed by atoms with Gasteiger partial charge in [0, 0.05) is 19.2 Å². The van der Waals surface area contributed by atoms with Gasteiger partial charge in [-0.05, 0) is 26.0 Å². The molecule has 0 aromatic heterocycles. The van der Waals surface area contributed by atoms with Gasteiger partial charge in [-0.1, -0.05) is 23.5 Å². The second-order valence-corrected chi connectivity index (χ2v) is 3.83. The fourth-order valence-corrected chi connectivity index (χ4v) is 1.43. The summed E-state index contributed by atoms with van der Waals surface area (Å²) in [6, 6.07) is 5.55. The van der Waals surface area contributed by atoms with E-state index in [0.29, 0.717) is 17.7 Å². The largest absolute Gasteiger partial charge is 0.384 e. The topological polar surface area (TPSA) is 40.5 Å². The molecule has 1 aromatic carbocycles. The van der Waals surface area contributed by atoms with Gasteiger partial charge in [0.2, 0.25) is 0 Å². The van der Waals surface area contributed by atoms with Gasteiger partial charge in [-0.2, -0.15) is 0 Å². The minimum atomic E-state index is -0.203. The van der Waals surface area contributed by atoms with Crippen LogP contribution in [0.1, 0.15) is 28.4 Å². The molecule has 1 N–H and O–H groups in total. The number of carbonyl (C=O) groups excluding carboxylic acids is 1. The molecule has 1 rings (SSSR count). The van der Waals surface area contributed by atoms with E-state index >= 15 is 0 Å². The smallest absolute Gasteiger partial charge is 0.254 e. The van der Waals surface area contributed by atoms with Gasteiger partial charge in [0.05, 0.1) is 5.56 Å². The molecule has 0 aliphatic rings. The zero-order valence-electron chi connectivity index (χ0n) is 10.4. The SMILES string of the molecule is CCN(C)C(=O)c1cc(C)ccc1C#CCO. The molecule has 0 heterocycles. The van der Waals surface area contributed by atoms with Gasteiger partial charge in [-0.3, -0.25) is 4.79 Å². The molecule has 0 unspecified atom stereocenters. The first-order chi connectivity index (χ1) is 8.10. The summed E-state index contributed by atoms with van der Waals surface area (Å²) < 4.78 is 0. The van der Waals surface area contributed by atoms with Gasteiger partial charge in [-0.15, -0.1) is 0 Å². The number of nitrogens with zero attached hydrogens (tertiary/aromatic N) is 1. The lowest BCUT2D eigenvalue weighted by Crippen LogP contribution is -2.27. The van der Waals surface area contributed by atoms with Crippen molar-refractivity contribution in [3.63, 3.8) is 0 Å². The van der Waals surface area contributed by atoms with Crippen molar-refractivity contribution in [3.05, 3.63) is 34.9 Å². The van der Waals surface area contributed by atoms with Crippen molar-refractivity contribution < 1.29 is 9.90 Å². The molecule has 90 valence electrons. The van der Waals surface area contributed by atoms with Crippen molar-refractivity contribution in [2.45, 2.75) is 13.8 Å². The van der Waals surface area contributed by atoms with Crippen LogP contribution in [0.2, 0.25) is 0 Å². The molecule has 0 aliphatic carbocycles. The maximum Gasteiger partial charge on any atom is 0.254 e. The normalized spacial score (nSPS) is 9.41. The molecule has 3 nitrogen and oxygen atoms in total. The van der Waals surface area contributed by atoms with Crippen LogP contribution in [-0.2, 0) is 0 Å². The first-order valence-corrected chi connectivity index (χ1v) is 5.56. The second-order valence-electron chi connectivity index (χ2n) is 3.83. The van der Waals surface area contributed by atoms with Crippen LogP contribution in [-0.4, -0.2) is 36.1 Å². The molecular weight excluding hydrogens is 214 g/mol. The molecule has 0 saturated heterocycles. The van der Waals surface area contributed by atoms with Gasteiger partial charge in [0.1, 0.15) is 6.61 Å². The Bertz CT molecular complexity index is 469. The van der Waals surface area contributed by atoms with Crippen LogP contribution >= 0.6 is 0 Å². The van der Waals surface area contributed by atoms with E-state index in [9.17, 15) is 4.79 Å². The van der Waals surface area contributed by atoms with Gasteiger partial charge in [-0.25, -0.2) is 0 Å². The Morgan fingerprint density at radius 1 is 1.47 bits per heavy atom. The van der Waals surface area contributed by atoms with Crippen molar-refractivity contribution in [2.75, 3.05) is 20.2 Å². The van der Waals surface area contributed by atoms with Crippen LogP contribution in [0.3, 0.4) is 0 Å². The first kappa shape index (κ1) is 13.3. The second kappa shape index (κ2) is 6.07. The van der Waals surface area contributed by atoms with Crippen LogP contribution in [0.4, 0.5) is 0 Å². The number of hydrogen-bond donors (Lipinski definition) is 1. The average Bonchev–Trinajstić information content (AvgIpc) is 2.35. The van der Waals surface area contributed by atoms with E-state index in [1.165, 1.54) is 0 Å². The predicted molar refractivity (Wildman–Crippen MR) is 67.8 cm³/mol. The van der Waals surface area contributed by atoms with E-state index in [1.54, 1.807) is 11.9 Å². The van der Waals surface area contributed by atoms with Crippen molar-refractivity contribution in [2.24, 2.45) is 0 Å². The lowest BCUT2D eigenvalue weighted by molar-refractivity contribution is 0.0802. The lowest BCUT2D eigenvalue weighted by atomic mass is 10.0. The number of aliphatic hydroxyl groups excluding tert-OH is 1. The number of hydrogen-bond acceptors (Lipinski definition) is 2. The Morgan fingerprint density at radius 2 is 2.18 bits per heavy atom. The predicted octanol–water partition coefficient (Wildman–Crippen LogP) is 1.43. The molecular formula is C14H17NO2. The van der Waals surface area contributed by atoms with E-state index < -0.39 is 0 Å². The highest BCUT2D eigenvalue weighted by atomic mass is 16.2. The number of benzene rings is 1. The number of carbonyl (C=O) groups is 1. The molecule has 3 heteroatoms. The number of aliphatic hydroxyl groups is 1. The molecule has 0 spiro atoms. The van der Waals surface area contributed by atoms with Gasteiger partial charge in [0.25, 0.3) is 5.91 Å². The zero-order chi connectivity index (χ0) is 12.8. The quantitative estimate of drug-likeness (QED) is 0.782. The fourth-order valence-electron chi connectivity index (χ4n) is 1.43. The third-order valence-corrected chi connectivity index (χ3v) is 2.53. The zero-order valence-corrected chi connectivity index (χ0v) is 10.4. The maximum absolute atomic E-state index is 12.1. The van der Waals surface area contributed by atoms with Crippen molar-refractivity contribution in [1.29, 1.82) is 0 Å². The van der Waals surface area contributed by atoms with Gasteiger partial charge < -0.3 is 10.0 Å². The van der Waals surface area contributed by atoms with Crippen LogP contribution in [0, 0.1) is 18.8 Å². The van der Waals surface area contributed by atoms with Crippen LogP contribution in [0.5, 0.6) is 0 Å². The highest BCUT2D eigenvalue weighted by Gasteiger charge is 2.13. The summed E-state index contributed by atoms with van der Waals surface area (Å²) in [7, 11) is 1.76. The summed E-state index contributed by atoms with van der Waals surface area (Å²) in [6.07, 6.45) is 0. The van der Waals surface area contributed by atoms with E-state index in [1.807, 2.05) is 32.0 Å². The van der Waals surface area contributed by atoms with E-state index in [0.717, 1.165) is 5.56 Å². The molecule has 1 amide bonds. The van der Waals surface area contributed by atoms with E-state index in [4.69, 9.17) is 5.11 Å². The number of aryl methyl sites for hydroxylation is 1. The third kappa shape index (κ3) is 3.33. The molecule has 1 aromatic rings. The van der Waals surface area contributed by atoms with Crippen molar-refractivity contribution in [3.8, 4) is 11.8 Å². The summed E-state index contributed by atoms with van der Waals surface area (Å²) in [5, 5.41) is 8.70. The van der Waals surface area contributed by atoms with E-state index in [-0.39, 0.29) is 12.5 Å². The molecule has 0 aliphatic heterocycles. The van der Waals surface area contributed by atoms with Gasteiger partial charge in [0.15, 0.2) is 0 Å². The molecule has 17 heavy (non-hydrogen) atoms. The minimum Gasteiger partial charge on any atom is -0.384 e. The van der Waals surface area contributed by atoms with Crippen LogP contribution < -0.4 is 0 Å². The standard InChI is InChI=1S/C14H17NO2/c1-4-15(3)14(17)13-10-11(2)7-8-12(13)6-5-9-16/h7-8,10,16H,4,9H2,1-3H3. The highest BCUT2D eigenvalue weighted by molar-refractivity contribution is 5.96. The summed E-state index contributed by atoms with van der Waals surface area (Å²) in [5.41, 5.74) is 2.28. The Labute approximate surface area is 102 Å². The first-order valence-electron chi connectivity index (χ1n) is 5.56. The van der Waals surface area contributed by atoms with Crippen molar-refractivity contribution >= 4 is 5.91 Å². The number of amides is 1. The Kier molecular flexibility index (Phi) is 4.74. The molecule has 0 fully saturated rings. The Hall–Kier alpha value is -1.79. The summed E-state index contributed by atoms with van der Waals surface area (Å²) in [5.74, 6) is 5.33. The maximum atomic E-state index is 12.1. The molecule has 0 atom stereocenters. The molecule has 0 saturated carbocycles. The average molecular weight is 231 g/mol. The Morgan fingerprint density at radius 3 is 2.76 bits per heavy atom. The lowest BCUT2D eigenvalue weighted by Gasteiger charge is -2.15. The molecule has 0 radical (unpaired) electrons. The fraction of sp³-hybridized carbons (Fsp3) is 0.357. The van der Waals surface area contributed by atoms with Crippen molar-refractivity contribution in [1.82, 2.24) is 4.90 Å². The monoisotopic (exact) mass is 231 g/mol. The van der Waals surface area contributed by atoms with Gasteiger partial charge >= 0.3 is 0 Å². The minimum absolute atomic E-state index is 0.0431. The number of rotatable bonds is 2. The third-order valence-electron chi connectivity index (χ3n) is 2.53.